The van der Waals surface area contributed by atoms with Crippen molar-refractivity contribution in [3.05, 3.63) is 0 Å². The maximum atomic E-state index is 11.3. The van der Waals surface area contributed by atoms with Gasteiger partial charge in [0.2, 0.25) is 0 Å². The topological polar surface area (TPSA) is 63.6 Å². The number of carbonyl (C=O) groups is 1. The van der Waals surface area contributed by atoms with Crippen LogP contribution in [-0.4, -0.2) is 27.1 Å². The Balaban J connectivity index is 4.24. The van der Waals surface area contributed by atoms with E-state index in [0.717, 1.165) is 0 Å². The number of ether oxygens (including phenoxy) is 1. The van der Waals surface area contributed by atoms with Gasteiger partial charge in [0.1, 0.15) is 0 Å². The van der Waals surface area contributed by atoms with Crippen LogP contribution in [0.1, 0.15) is 20.8 Å². The van der Waals surface area contributed by atoms with Gasteiger partial charge in [0.15, 0.2) is 11.1 Å². The van der Waals surface area contributed by atoms with Crippen molar-refractivity contribution in [1.29, 1.82) is 0 Å². The molecule has 4 nitrogen and oxygen atoms in total. The first kappa shape index (κ1) is 12.6. The molecule has 0 fully saturated rings. The van der Waals surface area contributed by atoms with E-state index in [1.54, 1.807) is 6.92 Å². The maximum Gasteiger partial charge on any atom is 0.310 e. The molecule has 0 aromatic heterocycles. The van der Waals surface area contributed by atoms with Gasteiger partial charge in [-0.05, 0) is 12.8 Å². The molecule has 0 spiro atoms. The molecule has 0 heterocycles. The third kappa shape index (κ3) is 5.00. The molecule has 0 aromatic rings. The maximum absolute atomic E-state index is 11.3. The van der Waals surface area contributed by atoms with Crippen molar-refractivity contribution in [3.63, 3.8) is 0 Å². The van der Waals surface area contributed by atoms with Gasteiger partial charge < -0.3 is 9.29 Å². The van der Waals surface area contributed by atoms with Gasteiger partial charge in [-0.2, -0.15) is 0 Å². The minimum absolute atomic E-state index is 0.0233. The molecule has 0 aliphatic carbocycles. The highest BCUT2D eigenvalue weighted by molar-refractivity contribution is 7.79. The van der Waals surface area contributed by atoms with Crippen molar-refractivity contribution >= 4 is 17.0 Å². The molecule has 78 valence electrons. The molecule has 0 aromatic carbocycles. The third-order valence-electron chi connectivity index (χ3n) is 1.72. The molecule has 0 amide bonds. The van der Waals surface area contributed by atoms with E-state index in [2.05, 4.69) is 0 Å². The van der Waals surface area contributed by atoms with Gasteiger partial charge in [-0.1, -0.05) is 13.8 Å². The summed E-state index contributed by atoms with van der Waals surface area (Å²) in [5, 5.41) is 0. The fraction of sp³-hybridized carbons (Fsp3) is 0.875. The number of esters is 1. The molecule has 2 unspecified atom stereocenters. The van der Waals surface area contributed by atoms with Gasteiger partial charge in [-0.15, -0.1) is 0 Å². The van der Waals surface area contributed by atoms with Crippen molar-refractivity contribution in [2.24, 2.45) is 11.8 Å². The van der Waals surface area contributed by atoms with Gasteiger partial charge in [0.25, 0.3) is 0 Å². The first-order valence-electron chi connectivity index (χ1n) is 4.23. The zero-order valence-electron chi connectivity index (χ0n) is 8.15. The summed E-state index contributed by atoms with van der Waals surface area (Å²) in [6.07, 6.45) is 0. The number of carbonyl (C=O) groups excluding carboxylic acids is 1. The summed E-state index contributed by atoms with van der Waals surface area (Å²) in [6.45, 7) is 5.67. The lowest BCUT2D eigenvalue weighted by Crippen LogP contribution is -2.27. The predicted molar refractivity (Wildman–Crippen MR) is 50.6 cm³/mol. The highest BCUT2D eigenvalue weighted by Gasteiger charge is 2.25. The second kappa shape index (κ2) is 6.10. The number of hydrogen-bond acceptors (Lipinski definition) is 3. The minimum Gasteiger partial charge on any atom is -0.466 e. The van der Waals surface area contributed by atoms with Crippen LogP contribution in [0.25, 0.3) is 0 Å². The lowest BCUT2D eigenvalue weighted by molar-refractivity contribution is -0.148. The summed E-state index contributed by atoms with van der Waals surface area (Å²) in [4.78, 5) is 11.3. The van der Waals surface area contributed by atoms with Gasteiger partial charge in [0, 0.05) is 0 Å². The van der Waals surface area contributed by atoms with Crippen LogP contribution >= 0.6 is 0 Å². The molecule has 5 heteroatoms. The highest BCUT2D eigenvalue weighted by atomic mass is 32.2. The second-order valence-electron chi connectivity index (χ2n) is 3.09. The van der Waals surface area contributed by atoms with Crippen LogP contribution in [0.5, 0.6) is 0 Å². The Morgan fingerprint density at radius 1 is 1.54 bits per heavy atom. The summed E-state index contributed by atoms with van der Waals surface area (Å²) in [5.74, 6) is -0.892. The van der Waals surface area contributed by atoms with E-state index in [1.807, 2.05) is 13.8 Å². The molecule has 0 radical (unpaired) electrons. The Morgan fingerprint density at radius 2 is 2.08 bits per heavy atom. The fourth-order valence-corrected chi connectivity index (χ4v) is 1.76. The largest absolute Gasteiger partial charge is 0.466 e. The Morgan fingerprint density at radius 3 is 2.38 bits per heavy atom. The number of hydrogen-bond donors (Lipinski definition) is 1. The van der Waals surface area contributed by atoms with Crippen molar-refractivity contribution in [3.8, 4) is 0 Å². The van der Waals surface area contributed by atoms with Gasteiger partial charge in [0.05, 0.1) is 18.3 Å². The van der Waals surface area contributed by atoms with Crippen molar-refractivity contribution in [2.45, 2.75) is 20.8 Å². The lowest BCUT2D eigenvalue weighted by atomic mass is 9.98. The quantitative estimate of drug-likeness (QED) is 0.541. The molecule has 13 heavy (non-hydrogen) atoms. The smallest absolute Gasteiger partial charge is 0.310 e. The molecular formula is C8H16O4S. The van der Waals surface area contributed by atoms with E-state index < -0.39 is 17.0 Å². The Kier molecular flexibility index (Phi) is 5.90. The fourth-order valence-electron chi connectivity index (χ4n) is 0.936. The van der Waals surface area contributed by atoms with E-state index in [0.29, 0.717) is 6.61 Å². The van der Waals surface area contributed by atoms with Crippen LogP contribution < -0.4 is 0 Å². The first-order chi connectivity index (χ1) is 5.99. The zero-order valence-corrected chi connectivity index (χ0v) is 8.97. The van der Waals surface area contributed by atoms with Crippen molar-refractivity contribution in [2.75, 3.05) is 12.4 Å². The van der Waals surface area contributed by atoms with Crippen molar-refractivity contribution in [1.82, 2.24) is 0 Å². The van der Waals surface area contributed by atoms with Crippen LogP contribution in [0.3, 0.4) is 0 Å². The SMILES string of the molecule is CCOC(=O)C(CS(=O)O)C(C)C. The van der Waals surface area contributed by atoms with Crippen LogP contribution in [0.2, 0.25) is 0 Å². The average molecular weight is 208 g/mol. The van der Waals surface area contributed by atoms with Crippen molar-refractivity contribution < 1.29 is 18.3 Å². The van der Waals surface area contributed by atoms with Crippen LogP contribution in [0, 0.1) is 11.8 Å². The van der Waals surface area contributed by atoms with E-state index in [1.165, 1.54) is 0 Å². The molecular weight excluding hydrogens is 192 g/mol. The molecule has 0 aliphatic heterocycles. The molecule has 0 rings (SSSR count). The summed E-state index contributed by atoms with van der Waals surface area (Å²) in [6, 6.07) is 0. The lowest BCUT2D eigenvalue weighted by Gasteiger charge is -2.16. The van der Waals surface area contributed by atoms with E-state index in [4.69, 9.17) is 9.29 Å². The normalized spacial score (nSPS) is 15.5. The van der Waals surface area contributed by atoms with E-state index in [-0.39, 0.29) is 17.6 Å². The standard InChI is InChI=1S/C8H16O4S/c1-4-12-8(9)7(6(2)3)5-13(10)11/h6-7H,4-5H2,1-3H3,(H,10,11). The molecule has 0 bridgehead atoms. The molecule has 1 N–H and O–H groups in total. The first-order valence-corrected chi connectivity index (χ1v) is 5.50. The average Bonchev–Trinajstić information content (AvgIpc) is 1.99. The Bertz CT molecular complexity index is 191. The summed E-state index contributed by atoms with van der Waals surface area (Å²) >= 11 is -1.94. The highest BCUT2D eigenvalue weighted by Crippen LogP contribution is 2.13. The summed E-state index contributed by atoms with van der Waals surface area (Å²) in [5.41, 5.74) is 0. The zero-order chi connectivity index (χ0) is 10.4. The second-order valence-corrected chi connectivity index (χ2v) is 4.07. The van der Waals surface area contributed by atoms with Gasteiger partial charge in [-0.25, -0.2) is 4.21 Å². The third-order valence-corrected chi connectivity index (χ3v) is 2.36. The van der Waals surface area contributed by atoms with E-state index in [9.17, 15) is 9.00 Å². The monoisotopic (exact) mass is 208 g/mol. The summed E-state index contributed by atoms with van der Waals surface area (Å²) in [7, 11) is 0. The molecule has 0 saturated heterocycles. The van der Waals surface area contributed by atoms with E-state index >= 15 is 0 Å². The van der Waals surface area contributed by atoms with Gasteiger partial charge >= 0.3 is 5.97 Å². The summed E-state index contributed by atoms with van der Waals surface area (Å²) < 4.78 is 24.0. The number of rotatable bonds is 5. The van der Waals surface area contributed by atoms with Crippen LogP contribution in [0.15, 0.2) is 0 Å². The van der Waals surface area contributed by atoms with Gasteiger partial charge in [-0.3, -0.25) is 4.79 Å². The predicted octanol–water partition coefficient (Wildman–Crippen LogP) is 1.04. The van der Waals surface area contributed by atoms with Crippen LogP contribution in [-0.2, 0) is 20.6 Å². The molecule has 2 atom stereocenters. The Labute approximate surface area is 80.9 Å². The minimum atomic E-state index is -1.94. The Hall–Kier alpha value is -0.420. The molecule has 0 aliphatic rings. The van der Waals surface area contributed by atoms with Crippen LogP contribution in [0.4, 0.5) is 0 Å². The molecule has 0 saturated carbocycles.